The van der Waals surface area contributed by atoms with Crippen molar-refractivity contribution in [2.75, 3.05) is 26.7 Å². The quantitative estimate of drug-likeness (QED) is 0.442. The molecule has 36 heavy (non-hydrogen) atoms. The van der Waals surface area contributed by atoms with Gasteiger partial charge in [-0.15, -0.1) is 0 Å². The topological polar surface area (TPSA) is 101 Å². The van der Waals surface area contributed by atoms with Gasteiger partial charge in [0.2, 0.25) is 0 Å². The maximum absolute atomic E-state index is 11.3. The Labute approximate surface area is 211 Å². The van der Waals surface area contributed by atoms with E-state index < -0.39 is 12.1 Å². The van der Waals surface area contributed by atoms with Crippen LogP contribution in [0.3, 0.4) is 0 Å². The van der Waals surface area contributed by atoms with Crippen LogP contribution in [0.5, 0.6) is 5.75 Å². The van der Waals surface area contributed by atoms with Gasteiger partial charge in [-0.3, -0.25) is 14.7 Å². The van der Waals surface area contributed by atoms with E-state index in [2.05, 4.69) is 26.7 Å². The molecule has 1 aliphatic rings. The van der Waals surface area contributed by atoms with Gasteiger partial charge in [0, 0.05) is 44.0 Å². The monoisotopic (exact) mass is 490 g/mol. The average Bonchev–Trinajstić information content (AvgIpc) is 3.30. The van der Waals surface area contributed by atoms with E-state index in [0.717, 1.165) is 54.0 Å². The lowest BCUT2D eigenvalue weighted by atomic mass is 9.79. The Morgan fingerprint density at radius 1 is 1.22 bits per heavy atom. The summed E-state index contributed by atoms with van der Waals surface area (Å²) in [7, 11) is 3.55. The fourth-order valence-corrected chi connectivity index (χ4v) is 5.12. The number of aliphatic hydroxyl groups excluding tert-OH is 1. The van der Waals surface area contributed by atoms with E-state index in [1.807, 2.05) is 42.1 Å². The third-order valence-electron chi connectivity index (χ3n) is 7.18. The van der Waals surface area contributed by atoms with E-state index in [1.54, 1.807) is 19.5 Å². The van der Waals surface area contributed by atoms with Gasteiger partial charge in [0.25, 0.3) is 0 Å². The van der Waals surface area contributed by atoms with Crippen LogP contribution in [0.15, 0.2) is 42.9 Å². The van der Waals surface area contributed by atoms with E-state index in [1.165, 1.54) is 0 Å². The number of aromatic nitrogens is 3. The van der Waals surface area contributed by atoms with Crippen LogP contribution in [0.4, 0.5) is 0 Å². The number of rotatable bonds is 9. The molecule has 2 aromatic heterocycles. The van der Waals surface area contributed by atoms with Crippen molar-refractivity contribution in [3.05, 3.63) is 54.2 Å². The number of nitrogens with zero attached hydrogens (tertiary/aromatic N) is 4. The molecule has 8 heteroatoms. The highest BCUT2D eigenvalue weighted by Crippen LogP contribution is 2.35. The van der Waals surface area contributed by atoms with Crippen LogP contribution in [-0.2, 0) is 11.8 Å². The van der Waals surface area contributed by atoms with Crippen molar-refractivity contribution in [3.8, 4) is 17.6 Å². The zero-order chi connectivity index (χ0) is 25.5. The lowest BCUT2D eigenvalue weighted by Gasteiger charge is -2.38. The predicted octanol–water partition coefficient (Wildman–Crippen LogP) is 3.65. The summed E-state index contributed by atoms with van der Waals surface area (Å²) in [5.74, 6) is 7.66. The highest BCUT2D eigenvalue weighted by Gasteiger charge is 2.30. The number of carboxylic acid groups (broad SMARTS) is 1. The van der Waals surface area contributed by atoms with E-state index in [0.29, 0.717) is 25.3 Å². The Balaban J connectivity index is 1.40. The van der Waals surface area contributed by atoms with Crippen molar-refractivity contribution >= 4 is 16.9 Å². The Morgan fingerprint density at radius 2 is 2.08 bits per heavy atom. The first-order valence-corrected chi connectivity index (χ1v) is 12.5. The van der Waals surface area contributed by atoms with Gasteiger partial charge >= 0.3 is 5.97 Å². The largest absolute Gasteiger partial charge is 0.497 e. The molecule has 3 atom stereocenters. The van der Waals surface area contributed by atoms with Gasteiger partial charge in [0.05, 0.1) is 25.3 Å². The molecular formula is C28H34N4O4. The first kappa shape index (κ1) is 25.7. The SMILES string of the molecule is COc1ccc2nccc([C@@H](O)CCC3CCN(CC#Cc4nccn4C)CC3CCC(=O)O)c2c1. The lowest BCUT2D eigenvalue weighted by Crippen LogP contribution is -2.41. The first-order valence-electron chi connectivity index (χ1n) is 12.5. The Hall–Kier alpha value is -3.41. The fraction of sp³-hybridized carbons (Fsp3) is 0.464. The molecule has 3 aromatic rings. The molecular weight excluding hydrogens is 456 g/mol. The number of piperidine rings is 1. The molecule has 190 valence electrons. The molecule has 1 fully saturated rings. The molecule has 8 nitrogen and oxygen atoms in total. The molecule has 4 rings (SSSR count). The number of carbonyl (C=O) groups is 1. The molecule has 3 heterocycles. The second-order valence-corrected chi connectivity index (χ2v) is 9.52. The number of aryl methyl sites for hydroxylation is 1. The summed E-state index contributed by atoms with van der Waals surface area (Å²) in [6.07, 6.45) is 7.92. The number of hydrogen-bond acceptors (Lipinski definition) is 6. The minimum Gasteiger partial charge on any atom is -0.497 e. The molecule has 0 radical (unpaired) electrons. The number of aliphatic hydroxyl groups is 1. The molecule has 0 spiro atoms. The van der Waals surface area contributed by atoms with Crippen LogP contribution in [0.1, 0.15) is 49.6 Å². The molecule has 2 N–H and O–H groups in total. The van der Waals surface area contributed by atoms with Crippen molar-refractivity contribution in [2.24, 2.45) is 18.9 Å². The predicted molar refractivity (Wildman–Crippen MR) is 137 cm³/mol. The number of hydrogen-bond donors (Lipinski definition) is 2. The Morgan fingerprint density at radius 3 is 2.83 bits per heavy atom. The standard InChI is InChI=1S/C28H34N4O4/c1-31-17-14-30-27(31)4-3-15-32-16-12-20(21(19-32)6-10-28(34)35)5-9-26(33)23-11-13-29-25-8-7-22(36-2)18-24(23)25/h7-8,11,13-14,17-18,20-21,26,33H,5-6,9-10,12,15-16,19H2,1-2H3,(H,34,35)/t20?,21?,26-/m0/s1. The number of fused-ring (bicyclic) bond motifs is 1. The molecule has 0 saturated carbocycles. The number of benzene rings is 1. The molecule has 0 aliphatic carbocycles. The summed E-state index contributed by atoms with van der Waals surface area (Å²) in [4.78, 5) is 22.2. The number of methoxy groups -OCH3 is 1. The number of pyridine rings is 1. The summed E-state index contributed by atoms with van der Waals surface area (Å²) < 4.78 is 7.25. The summed E-state index contributed by atoms with van der Waals surface area (Å²) in [6, 6.07) is 7.56. The normalized spacial score (nSPS) is 19.0. The van der Waals surface area contributed by atoms with Gasteiger partial charge in [-0.05, 0) is 79.8 Å². The fourth-order valence-electron chi connectivity index (χ4n) is 5.12. The van der Waals surface area contributed by atoms with Gasteiger partial charge in [-0.25, -0.2) is 4.98 Å². The highest BCUT2D eigenvalue weighted by molar-refractivity contribution is 5.83. The third-order valence-corrected chi connectivity index (χ3v) is 7.18. The van der Waals surface area contributed by atoms with E-state index in [4.69, 9.17) is 4.74 Å². The van der Waals surface area contributed by atoms with Crippen LogP contribution in [-0.4, -0.2) is 62.4 Å². The number of likely N-dealkylation sites (tertiary alicyclic amines) is 1. The summed E-state index contributed by atoms with van der Waals surface area (Å²) in [6.45, 7) is 2.37. The zero-order valence-corrected chi connectivity index (χ0v) is 20.9. The van der Waals surface area contributed by atoms with Crippen molar-refractivity contribution < 1.29 is 19.7 Å². The number of imidazole rings is 1. The molecule has 0 bridgehead atoms. The number of ether oxygens (including phenoxy) is 1. The zero-order valence-electron chi connectivity index (χ0n) is 20.9. The van der Waals surface area contributed by atoms with Crippen LogP contribution < -0.4 is 4.74 Å². The molecule has 1 aliphatic heterocycles. The summed E-state index contributed by atoms with van der Waals surface area (Å²) >= 11 is 0. The van der Waals surface area contributed by atoms with Crippen LogP contribution in [0, 0.1) is 23.7 Å². The minimum atomic E-state index is -0.766. The van der Waals surface area contributed by atoms with Crippen molar-refractivity contribution in [1.82, 2.24) is 19.4 Å². The number of aliphatic carboxylic acids is 1. The van der Waals surface area contributed by atoms with E-state index >= 15 is 0 Å². The third kappa shape index (κ3) is 6.42. The Bertz CT molecular complexity index is 1250. The van der Waals surface area contributed by atoms with E-state index in [9.17, 15) is 15.0 Å². The van der Waals surface area contributed by atoms with Crippen molar-refractivity contribution in [3.63, 3.8) is 0 Å². The summed E-state index contributed by atoms with van der Waals surface area (Å²) in [5, 5.41) is 21.3. The second-order valence-electron chi connectivity index (χ2n) is 9.52. The smallest absolute Gasteiger partial charge is 0.303 e. The van der Waals surface area contributed by atoms with Gasteiger partial charge in [0.15, 0.2) is 5.82 Å². The molecule has 1 aromatic carbocycles. The van der Waals surface area contributed by atoms with Gasteiger partial charge in [-0.1, -0.05) is 5.92 Å². The maximum Gasteiger partial charge on any atom is 0.303 e. The van der Waals surface area contributed by atoms with Crippen LogP contribution >= 0.6 is 0 Å². The maximum atomic E-state index is 11.3. The van der Waals surface area contributed by atoms with Gasteiger partial charge < -0.3 is 19.5 Å². The minimum absolute atomic E-state index is 0.158. The van der Waals surface area contributed by atoms with Crippen molar-refractivity contribution in [2.45, 2.75) is 38.2 Å². The molecule has 1 saturated heterocycles. The molecule has 2 unspecified atom stereocenters. The number of carboxylic acids is 1. The molecule has 0 amide bonds. The van der Waals surface area contributed by atoms with Crippen LogP contribution in [0.25, 0.3) is 10.9 Å². The first-order chi connectivity index (χ1) is 17.4. The van der Waals surface area contributed by atoms with E-state index in [-0.39, 0.29) is 12.3 Å². The highest BCUT2D eigenvalue weighted by atomic mass is 16.5. The Kier molecular flexibility index (Phi) is 8.57. The average molecular weight is 491 g/mol. The summed E-state index contributed by atoms with van der Waals surface area (Å²) in [5.41, 5.74) is 1.68. The second kappa shape index (κ2) is 12.0. The lowest BCUT2D eigenvalue weighted by molar-refractivity contribution is -0.137. The van der Waals surface area contributed by atoms with Crippen molar-refractivity contribution in [1.29, 1.82) is 0 Å². The van der Waals surface area contributed by atoms with Crippen LogP contribution in [0.2, 0.25) is 0 Å². The van der Waals surface area contributed by atoms with Gasteiger partial charge in [0.1, 0.15) is 5.75 Å². The van der Waals surface area contributed by atoms with Gasteiger partial charge in [-0.2, -0.15) is 0 Å².